The summed E-state index contributed by atoms with van der Waals surface area (Å²) in [5, 5.41) is 0.954. The molecule has 3 aromatic rings. The van der Waals surface area contributed by atoms with Gasteiger partial charge in [0, 0.05) is 23.9 Å². The van der Waals surface area contributed by atoms with Crippen LogP contribution in [0.4, 0.5) is 5.95 Å². The number of nitrogens with one attached hydrogen (secondary N) is 1. The van der Waals surface area contributed by atoms with Crippen molar-refractivity contribution >= 4 is 69.2 Å². The topological polar surface area (TPSA) is 83.1 Å². The zero-order valence-corrected chi connectivity index (χ0v) is 22.1. The number of aryl methyl sites for hydroxylation is 1. The fourth-order valence-corrected chi connectivity index (χ4v) is 4.58. The molecule has 0 spiro atoms. The number of nitrogens with zero attached hydrogens (tertiary/aromatic N) is 4. The molecule has 3 rings (SSSR count). The number of imidazole rings is 1. The number of benzene rings is 1. The number of rotatable bonds is 10. The monoisotopic (exact) mass is 595 g/mol. The number of anilines is 1. The van der Waals surface area contributed by atoms with Gasteiger partial charge < -0.3 is 4.52 Å². The lowest BCUT2D eigenvalue weighted by Gasteiger charge is -2.12. The van der Waals surface area contributed by atoms with Crippen LogP contribution in [0.3, 0.4) is 0 Å². The third-order valence-electron chi connectivity index (χ3n) is 4.55. The van der Waals surface area contributed by atoms with E-state index in [4.69, 9.17) is 16.1 Å². The van der Waals surface area contributed by atoms with Gasteiger partial charge in [0.2, 0.25) is 5.95 Å². The van der Waals surface area contributed by atoms with Crippen LogP contribution < -0.4 is 16.0 Å². The first kappa shape index (κ1) is 24.6. The lowest BCUT2D eigenvalue weighted by atomic mass is 10.2. The Morgan fingerprint density at radius 2 is 1.97 bits per heavy atom. The Hall–Kier alpha value is -1.07. The first-order chi connectivity index (χ1) is 14.8. The lowest BCUT2D eigenvalue weighted by molar-refractivity contribution is 0.344. The van der Waals surface area contributed by atoms with Crippen molar-refractivity contribution in [3.05, 3.63) is 55.7 Å². The molecular formula is C19H24ClIN5O3PS. The molecule has 0 amide bonds. The van der Waals surface area contributed by atoms with E-state index in [0.29, 0.717) is 53.4 Å². The van der Waals surface area contributed by atoms with Gasteiger partial charge in [0.05, 0.1) is 19.6 Å². The third kappa shape index (κ3) is 5.84. The Morgan fingerprint density at radius 3 is 2.61 bits per heavy atom. The quantitative estimate of drug-likeness (QED) is 0.162. The van der Waals surface area contributed by atoms with Crippen LogP contribution in [0.5, 0.6) is 0 Å². The number of halogens is 2. The summed E-state index contributed by atoms with van der Waals surface area (Å²) in [5.74, 6) is 0.531. The molecule has 168 valence electrons. The molecule has 0 saturated carbocycles. The first-order valence-electron chi connectivity index (χ1n) is 9.67. The van der Waals surface area contributed by atoms with Gasteiger partial charge in [-0.1, -0.05) is 37.6 Å². The van der Waals surface area contributed by atoms with Gasteiger partial charge in [0.1, 0.15) is 0 Å². The highest BCUT2D eigenvalue weighted by atomic mass is 127. The lowest BCUT2D eigenvalue weighted by Crippen LogP contribution is -2.40. The van der Waals surface area contributed by atoms with Crippen LogP contribution >= 0.6 is 52.0 Å². The predicted molar refractivity (Wildman–Crippen MR) is 139 cm³/mol. The van der Waals surface area contributed by atoms with E-state index >= 15 is 0 Å². The van der Waals surface area contributed by atoms with Gasteiger partial charge in [-0.3, -0.25) is 23.2 Å². The van der Waals surface area contributed by atoms with E-state index in [1.54, 1.807) is 7.05 Å². The molecular weight excluding hydrogens is 572 g/mol. The van der Waals surface area contributed by atoms with Crippen LogP contribution in [0.15, 0.2) is 33.9 Å². The van der Waals surface area contributed by atoms with Crippen molar-refractivity contribution in [2.75, 3.05) is 11.3 Å². The van der Waals surface area contributed by atoms with Crippen molar-refractivity contribution in [1.82, 2.24) is 18.7 Å². The van der Waals surface area contributed by atoms with Crippen LogP contribution in [-0.2, 0) is 24.7 Å². The normalized spacial score (nSPS) is 11.9. The molecule has 0 bridgehead atoms. The van der Waals surface area contributed by atoms with E-state index in [-0.39, 0.29) is 17.8 Å². The van der Waals surface area contributed by atoms with E-state index in [1.807, 2.05) is 28.8 Å². The molecule has 12 heteroatoms. The second-order valence-corrected chi connectivity index (χ2v) is 10.7. The van der Waals surface area contributed by atoms with Gasteiger partial charge in [-0.2, -0.15) is 4.98 Å². The molecule has 0 saturated heterocycles. The van der Waals surface area contributed by atoms with E-state index in [1.165, 1.54) is 21.1 Å². The summed E-state index contributed by atoms with van der Waals surface area (Å²) in [6.07, 6.45) is 0.580. The Bertz CT molecular complexity index is 1160. The zero-order valence-electron chi connectivity index (χ0n) is 17.4. The largest absolute Gasteiger partial charge is 0.352 e. The maximum absolute atomic E-state index is 13.4. The maximum Gasteiger partial charge on any atom is 0.332 e. The number of aromatic nitrogens is 4. The fraction of sp³-hybridized carbons (Fsp3) is 0.421. The summed E-state index contributed by atoms with van der Waals surface area (Å²) in [5.41, 5.74) is 0.989. The summed E-state index contributed by atoms with van der Waals surface area (Å²) >= 11 is 9.67. The molecule has 0 radical (unpaired) electrons. The van der Waals surface area contributed by atoms with Gasteiger partial charge in [-0.25, -0.2) is 4.79 Å². The van der Waals surface area contributed by atoms with Gasteiger partial charge >= 0.3 is 5.69 Å². The molecule has 1 aromatic carbocycles. The van der Waals surface area contributed by atoms with Crippen LogP contribution in [0.1, 0.15) is 25.8 Å². The number of fused-ring (bicyclic) bond motifs is 1. The Labute approximate surface area is 204 Å². The minimum Gasteiger partial charge on any atom is -0.352 e. The number of hydrogen-bond donors (Lipinski definition) is 1. The van der Waals surface area contributed by atoms with E-state index in [9.17, 15) is 9.59 Å². The molecule has 31 heavy (non-hydrogen) atoms. The molecule has 8 nitrogen and oxygen atoms in total. The van der Waals surface area contributed by atoms with Crippen molar-refractivity contribution in [2.45, 2.75) is 38.6 Å². The summed E-state index contributed by atoms with van der Waals surface area (Å²) in [6, 6.07) is 7.45. The molecule has 0 aliphatic carbocycles. The molecule has 1 unspecified atom stereocenters. The highest BCUT2D eigenvalue weighted by Crippen LogP contribution is 2.23. The van der Waals surface area contributed by atoms with Gasteiger partial charge in [0.25, 0.3) is 5.56 Å². The van der Waals surface area contributed by atoms with Crippen LogP contribution in [0.25, 0.3) is 11.2 Å². The highest BCUT2D eigenvalue weighted by Gasteiger charge is 2.20. The Kier molecular flexibility index (Phi) is 8.86. The molecule has 0 fully saturated rings. The van der Waals surface area contributed by atoms with Crippen LogP contribution in [0.2, 0.25) is 5.02 Å². The molecule has 2 aromatic heterocycles. The molecule has 0 aliphatic rings. The van der Waals surface area contributed by atoms with Crippen molar-refractivity contribution in [3.63, 3.8) is 0 Å². The third-order valence-corrected chi connectivity index (χ3v) is 6.83. The fourth-order valence-electron chi connectivity index (χ4n) is 3.08. The smallest absolute Gasteiger partial charge is 0.332 e. The predicted octanol–water partition coefficient (Wildman–Crippen LogP) is 4.42. The molecule has 0 aliphatic heterocycles. The number of hydrogen-bond acceptors (Lipinski definition) is 6. The first-order valence-corrected chi connectivity index (χ1v) is 14.9. The Balaban J connectivity index is 2.13. The second-order valence-electron chi connectivity index (χ2n) is 7.17. The molecule has 1 N–H and O–H groups in total. The average Bonchev–Trinajstić information content (AvgIpc) is 3.10. The maximum atomic E-state index is 13.4. The van der Waals surface area contributed by atoms with Crippen molar-refractivity contribution in [3.8, 4) is 0 Å². The van der Waals surface area contributed by atoms with Gasteiger partial charge in [0.15, 0.2) is 11.2 Å². The molecule has 1 atom stereocenters. The average molecular weight is 596 g/mol. The summed E-state index contributed by atoms with van der Waals surface area (Å²) < 4.78 is 13.1. The minimum atomic E-state index is -0.381. The van der Waals surface area contributed by atoms with E-state index in [2.05, 4.69) is 45.6 Å². The summed E-state index contributed by atoms with van der Waals surface area (Å²) in [6.45, 7) is 5.67. The summed E-state index contributed by atoms with van der Waals surface area (Å²) in [4.78, 5) is 30.8. The van der Waals surface area contributed by atoms with Crippen LogP contribution in [-0.4, -0.2) is 30.5 Å². The SMILES string of the molecule is CC(C)SNc1nc2c(c(=O)n(CCCOPI)c(=O)n2C)n1Cc1ccc(Cl)cc1. The standard InChI is InChI=1S/C19H24ClIN5O3PS/c1-12(2)31-23-18-22-16-15(26(18)11-13-5-7-14(20)8-6-13)17(27)25(19(28)24(16)3)9-4-10-29-30-21/h5-8,12,30H,4,9-11H2,1-3H3,(H,22,23). The van der Waals surface area contributed by atoms with E-state index < -0.39 is 0 Å². The van der Waals surface area contributed by atoms with Crippen molar-refractivity contribution < 1.29 is 4.52 Å². The Morgan fingerprint density at radius 1 is 1.26 bits per heavy atom. The van der Waals surface area contributed by atoms with E-state index in [0.717, 1.165) is 5.56 Å². The summed E-state index contributed by atoms with van der Waals surface area (Å²) in [7, 11) is 1.64. The van der Waals surface area contributed by atoms with Crippen LogP contribution in [0, 0.1) is 0 Å². The highest BCUT2D eigenvalue weighted by molar-refractivity contribution is 14.2. The second kappa shape index (κ2) is 11.2. The molecule has 2 heterocycles. The minimum absolute atomic E-state index is 0.290. The van der Waals surface area contributed by atoms with Gasteiger partial charge in [-0.15, -0.1) is 0 Å². The van der Waals surface area contributed by atoms with Crippen molar-refractivity contribution in [1.29, 1.82) is 0 Å². The van der Waals surface area contributed by atoms with Crippen molar-refractivity contribution in [2.24, 2.45) is 7.05 Å². The van der Waals surface area contributed by atoms with Gasteiger partial charge in [-0.05, 0) is 58.1 Å². The zero-order chi connectivity index (χ0) is 22.5.